The second-order valence-electron chi connectivity index (χ2n) is 11.7. The lowest BCUT2D eigenvalue weighted by Gasteiger charge is -2.34. The molecule has 0 bridgehead atoms. The molecule has 11 heteroatoms. The van der Waals surface area contributed by atoms with Crippen LogP contribution in [-0.4, -0.2) is 81.0 Å². The number of carbonyl (C=O) groups is 1. The van der Waals surface area contributed by atoms with Crippen LogP contribution in [0.4, 0.5) is 10.6 Å². The monoisotopic (exact) mass is 605 g/mol. The molecule has 2 aliphatic heterocycles. The third kappa shape index (κ3) is 7.83. The lowest BCUT2D eigenvalue weighted by molar-refractivity contribution is 0.0454. The van der Waals surface area contributed by atoms with Gasteiger partial charge in [0, 0.05) is 39.3 Å². The minimum Gasteiger partial charge on any atom is -0.489 e. The van der Waals surface area contributed by atoms with Gasteiger partial charge in [0.25, 0.3) is 0 Å². The minimum atomic E-state index is -1.24. The van der Waals surface area contributed by atoms with Crippen LogP contribution in [-0.2, 0) is 22.3 Å². The van der Waals surface area contributed by atoms with Crippen molar-refractivity contribution in [2.75, 3.05) is 50.8 Å². The number of hydrogen-bond acceptors (Lipinski definition) is 8. The number of likely N-dealkylation sites (tertiary alicyclic amines) is 1. The van der Waals surface area contributed by atoms with Crippen LogP contribution in [0.25, 0.3) is 0 Å². The molecular weight excluding hydrogens is 566 g/mol. The zero-order valence-electron chi connectivity index (χ0n) is 24.6. The molecule has 43 heavy (non-hydrogen) atoms. The molecule has 3 aromatic rings. The number of ether oxygens (including phenoxy) is 3. The van der Waals surface area contributed by atoms with Gasteiger partial charge in [0.2, 0.25) is 5.88 Å². The van der Waals surface area contributed by atoms with Gasteiger partial charge in [-0.15, -0.1) is 0 Å². The molecule has 2 saturated heterocycles. The first-order chi connectivity index (χ1) is 20.9. The van der Waals surface area contributed by atoms with Crippen LogP contribution in [0.1, 0.15) is 38.2 Å². The Balaban J connectivity index is 0.907. The lowest BCUT2D eigenvalue weighted by Crippen LogP contribution is -2.47. The van der Waals surface area contributed by atoms with Gasteiger partial charge >= 0.3 is 6.09 Å². The molecule has 1 atom stereocenters. The highest BCUT2D eigenvalue weighted by Crippen LogP contribution is 2.39. The molecule has 0 radical (unpaired) electrons. The van der Waals surface area contributed by atoms with E-state index in [9.17, 15) is 9.00 Å². The maximum Gasteiger partial charge on any atom is 0.410 e. The van der Waals surface area contributed by atoms with Crippen molar-refractivity contribution >= 4 is 22.9 Å². The minimum absolute atomic E-state index is 0.188. The fraction of sp³-hybridized carbons (Fsp3) is 0.469. The second kappa shape index (κ2) is 13.3. The molecular formula is C32H39N5O5S. The molecule has 3 aliphatic rings. The van der Waals surface area contributed by atoms with E-state index in [1.54, 1.807) is 12.4 Å². The van der Waals surface area contributed by atoms with Gasteiger partial charge in [0.15, 0.2) is 0 Å². The Labute approximate surface area is 255 Å². The van der Waals surface area contributed by atoms with Crippen LogP contribution >= 0.6 is 0 Å². The fourth-order valence-corrected chi connectivity index (χ4v) is 6.37. The standard InChI is InChI=1S/C32H39N5O5S/c1-32(13-14-32)42-31(38)36-15-11-26(12-16-36)24-41-30-22-33-29(21-34-30)35-17-19-37(20-18-35)43(39)28-9-7-27(8-10-28)40-23-25-5-3-2-4-6-25/h2-10,21-22,26H,11-20,23-24H2,1H3. The summed E-state index contributed by atoms with van der Waals surface area (Å²) in [5.41, 5.74) is 0.871. The molecule has 1 saturated carbocycles. The lowest BCUT2D eigenvalue weighted by atomic mass is 9.98. The van der Waals surface area contributed by atoms with E-state index in [-0.39, 0.29) is 11.7 Å². The number of carbonyl (C=O) groups excluding carboxylic acids is 1. The van der Waals surface area contributed by atoms with E-state index in [2.05, 4.69) is 14.9 Å². The van der Waals surface area contributed by atoms with E-state index in [4.69, 9.17) is 14.2 Å². The Bertz CT molecular complexity index is 1370. The third-order valence-electron chi connectivity index (χ3n) is 8.31. The zero-order chi connectivity index (χ0) is 29.6. The Kier molecular flexibility index (Phi) is 9.08. The number of rotatable bonds is 10. The maximum atomic E-state index is 13.2. The summed E-state index contributed by atoms with van der Waals surface area (Å²) in [6, 6.07) is 17.5. The fourth-order valence-electron chi connectivity index (χ4n) is 5.21. The highest BCUT2D eigenvalue weighted by molar-refractivity contribution is 7.82. The predicted molar refractivity (Wildman–Crippen MR) is 163 cm³/mol. The Morgan fingerprint density at radius 3 is 2.28 bits per heavy atom. The molecule has 1 aliphatic carbocycles. The van der Waals surface area contributed by atoms with Gasteiger partial charge in [0.1, 0.15) is 34.8 Å². The van der Waals surface area contributed by atoms with Gasteiger partial charge in [-0.25, -0.2) is 23.3 Å². The van der Waals surface area contributed by atoms with Crippen LogP contribution in [0.15, 0.2) is 71.9 Å². The molecule has 0 N–H and O–H groups in total. The number of hydrogen-bond donors (Lipinski definition) is 0. The van der Waals surface area contributed by atoms with E-state index < -0.39 is 11.0 Å². The molecule has 228 valence electrons. The molecule has 0 spiro atoms. The molecule has 1 amide bonds. The van der Waals surface area contributed by atoms with Gasteiger partial charge in [-0.2, -0.15) is 0 Å². The highest BCUT2D eigenvalue weighted by atomic mass is 32.2. The predicted octanol–water partition coefficient (Wildman–Crippen LogP) is 4.68. The molecule has 10 nitrogen and oxygen atoms in total. The molecule has 3 heterocycles. The number of piperidine rings is 1. The van der Waals surface area contributed by atoms with E-state index in [1.807, 2.05) is 70.7 Å². The van der Waals surface area contributed by atoms with Gasteiger partial charge in [-0.05, 0) is 68.4 Å². The average molecular weight is 606 g/mol. The van der Waals surface area contributed by atoms with Crippen LogP contribution in [0, 0.1) is 5.92 Å². The van der Waals surface area contributed by atoms with E-state index in [0.29, 0.717) is 64.3 Å². The molecule has 2 aromatic carbocycles. The number of piperazine rings is 1. The SMILES string of the molecule is CC1(OC(=O)N2CCC(COc3cnc(N4CCN(S(=O)c5ccc(OCc6ccccc6)cc5)CC4)cn3)CC2)CC1. The van der Waals surface area contributed by atoms with Crippen LogP contribution < -0.4 is 14.4 Å². The van der Waals surface area contributed by atoms with Crippen molar-refractivity contribution in [2.24, 2.45) is 5.92 Å². The number of amides is 1. The Morgan fingerprint density at radius 1 is 0.907 bits per heavy atom. The van der Waals surface area contributed by atoms with Crippen molar-refractivity contribution in [3.05, 3.63) is 72.6 Å². The summed E-state index contributed by atoms with van der Waals surface area (Å²) in [5, 5.41) is 0. The third-order valence-corrected chi connectivity index (χ3v) is 9.82. The van der Waals surface area contributed by atoms with Gasteiger partial charge in [-0.1, -0.05) is 30.3 Å². The highest BCUT2D eigenvalue weighted by Gasteiger charge is 2.43. The summed E-state index contributed by atoms with van der Waals surface area (Å²) in [6.07, 6.45) is 6.91. The first kappa shape index (κ1) is 29.4. The number of benzene rings is 2. The summed E-state index contributed by atoms with van der Waals surface area (Å²) < 4.78 is 32.6. The number of aromatic nitrogens is 2. The second-order valence-corrected chi connectivity index (χ2v) is 13.2. The smallest absolute Gasteiger partial charge is 0.410 e. The normalized spacial score (nSPS) is 19.5. The molecule has 1 aromatic heterocycles. The van der Waals surface area contributed by atoms with E-state index >= 15 is 0 Å². The average Bonchev–Trinajstić information content (AvgIpc) is 3.79. The maximum absolute atomic E-state index is 13.2. The van der Waals surface area contributed by atoms with Crippen molar-refractivity contribution in [2.45, 2.75) is 49.7 Å². The zero-order valence-corrected chi connectivity index (χ0v) is 25.4. The van der Waals surface area contributed by atoms with Crippen molar-refractivity contribution < 1.29 is 23.2 Å². The van der Waals surface area contributed by atoms with E-state index in [1.165, 1.54) is 0 Å². The summed E-state index contributed by atoms with van der Waals surface area (Å²) in [7, 11) is -1.24. The number of anilines is 1. The Hall–Kier alpha value is -3.70. The first-order valence-electron chi connectivity index (χ1n) is 15.1. The van der Waals surface area contributed by atoms with Gasteiger partial charge in [-0.3, -0.25) is 0 Å². The first-order valence-corrected chi connectivity index (χ1v) is 16.2. The largest absolute Gasteiger partial charge is 0.489 e. The quantitative estimate of drug-likeness (QED) is 0.329. The number of nitrogens with zero attached hydrogens (tertiary/aromatic N) is 5. The van der Waals surface area contributed by atoms with Crippen LogP contribution in [0.5, 0.6) is 11.6 Å². The summed E-state index contributed by atoms with van der Waals surface area (Å²) in [4.78, 5) is 26.1. The van der Waals surface area contributed by atoms with Gasteiger partial charge in [0.05, 0.1) is 23.9 Å². The summed E-state index contributed by atoms with van der Waals surface area (Å²) in [6.45, 7) is 7.16. The van der Waals surface area contributed by atoms with E-state index in [0.717, 1.165) is 47.7 Å². The van der Waals surface area contributed by atoms with Crippen LogP contribution in [0.3, 0.4) is 0 Å². The Morgan fingerprint density at radius 2 is 1.63 bits per heavy atom. The van der Waals surface area contributed by atoms with Crippen molar-refractivity contribution in [3.63, 3.8) is 0 Å². The van der Waals surface area contributed by atoms with Crippen molar-refractivity contribution in [1.29, 1.82) is 0 Å². The molecule has 1 unspecified atom stereocenters. The summed E-state index contributed by atoms with van der Waals surface area (Å²) in [5.74, 6) is 2.41. The van der Waals surface area contributed by atoms with Crippen LogP contribution in [0.2, 0.25) is 0 Å². The van der Waals surface area contributed by atoms with Crippen molar-refractivity contribution in [3.8, 4) is 11.6 Å². The molecule has 6 rings (SSSR count). The van der Waals surface area contributed by atoms with Crippen molar-refractivity contribution in [1.82, 2.24) is 19.2 Å². The topological polar surface area (TPSA) is 97.3 Å². The summed E-state index contributed by atoms with van der Waals surface area (Å²) >= 11 is 0. The van der Waals surface area contributed by atoms with Gasteiger partial charge < -0.3 is 24.0 Å². The molecule has 3 fully saturated rings.